The number of hydrogen-bond donors (Lipinski definition) is 2. The summed E-state index contributed by atoms with van der Waals surface area (Å²) in [5.41, 5.74) is 0. The maximum atomic E-state index is 10.8. The molecule has 0 heterocycles. The minimum absolute atomic E-state index is 0.119. The van der Waals surface area contributed by atoms with Gasteiger partial charge in [0.25, 0.3) is 0 Å². The van der Waals surface area contributed by atoms with Crippen LogP contribution in [0.4, 0.5) is 0 Å². The van der Waals surface area contributed by atoms with E-state index in [1.165, 1.54) is 13.5 Å². The number of rotatable bonds is 5. The molecule has 0 aromatic heterocycles. The van der Waals surface area contributed by atoms with Gasteiger partial charge in [-0.15, -0.1) is 0 Å². The summed E-state index contributed by atoms with van der Waals surface area (Å²) in [5.74, 6) is 0.387. The summed E-state index contributed by atoms with van der Waals surface area (Å²) in [4.78, 5) is 10.8. The van der Waals surface area contributed by atoms with E-state index < -0.39 is 0 Å². The fourth-order valence-corrected chi connectivity index (χ4v) is 2.05. The van der Waals surface area contributed by atoms with E-state index in [0.717, 1.165) is 25.8 Å². The third-order valence-corrected chi connectivity index (χ3v) is 2.92. The Bertz CT molecular complexity index is 196. The minimum atomic E-state index is -0.175. The van der Waals surface area contributed by atoms with Crippen LogP contribution in [0.1, 0.15) is 32.1 Å². The Morgan fingerprint density at radius 3 is 3.00 bits per heavy atom. The Labute approximate surface area is 91.0 Å². The zero-order valence-corrected chi connectivity index (χ0v) is 9.37. The number of aliphatic hydroxyl groups is 1. The first-order chi connectivity index (χ1) is 7.22. The Morgan fingerprint density at radius 1 is 1.53 bits per heavy atom. The van der Waals surface area contributed by atoms with Gasteiger partial charge in [-0.3, -0.25) is 4.79 Å². The molecule has 0 bridgehead atoms. The lowest BCUT2D eigenvalue weighted by Crippen LogP contribution is -2.30. The van der Waals surface area contributed by atoms with Crippen LogP contribution in [0.25, 0.3) is 0 Å². The van der Waals surface area contributed by atoms with Gasteiger partial charge in [-0.1, -0.05) is 6.42 Å². The molecule has 2 N–H and O–H groups in total. The predicted molar refractivity (Wildman–Crippen MR) is 57.5 cm³/mol. The molecule has 1 aliphatic rings. The Hall–Kier alpha value is -0.610. The minimum Gasteiger partial charge on any atom is -0.469 e. The van der Waals surface area contributed by atoms with Crippen LogP contribution in [-0.4, -0.2) is 37.4 Å². The van der Waals surface area contributed by atoms with Crippen LogP contribution in [0, 0.1) is 5.92 Å². The summed E-state index contributed by atoms with van der Waals surface area (Å²) in [6, 6.07) is 0. The van der Waals surface area contributed by atoms with Crippen molar-refractivity contribution in [3.63, 3.8) is 0 Å². The second kappa shape index (κ2) is 6.80. The molecule has 2 unspecified atom stereocenters. The summed E-state index contributed by atoms with van der Waals surface area (Å²) in [7, 11) is 1.40. The summed E-state index contributed by atoms with van der Waals surface area (Å²) < 4.78 is 4.54. The topological polar surface area (TPSA) is 58.6 Å². The second-order valence-electron chi connectivity index (χ2n) is 4.22. The van der Waals surface area contributed by atoms with E-state index in [1.54, 1.807) is 0 Å². The van der Waals surface area contributed by atoms with Crippen molar-refractivity contribution in [3.05, 3.63) is 0 Å². The molecular formula is C11H21NO3. The zero-order chi connectivity index (χ0) is 11.1. The van der Waals surface area contributed by atoms with Gasteiger partial charge in [0.15, 0.2) is 0 Å². The molecule has 1 rings (SSSR count). The molecule has 4 heteroatoms. The Balaban J connectivity index is 2.02. The highest BCUT2D eigenvalue weighted by Crippen LogP contribution is 2.23. The van der Waals surface area contributed by atoms with E-state index in [-0.39, 0.29) is 12.1 Å². The molecule has 0 amide bonds. The van der Waals surface area contributed by atoms with Gasteiger partial charge in [0.2, 0.25) is 0 Å². The van der Waals surface area contributed by atoms with Crippen molar-refractivity contribution in [3.8, 4) is 0 Å². The zero-order valence-electron chi connectivity index (χ0n) is 9.37. The van der Waals surface area contributed by atoms with E-state index in [2.05, 4.69) is 10.1 Å². The van der Waals surface area contributed by atoms with Gasteiger partial charge in [0.05, 0.1) is 19.6 Å². The SMILES string of the molecule is COC(=O)CCNCC1CCCC(O)C1. The average Bonchev–Trinajstić information content (AvgIpc) is 2.24. The lowest BCUT2D eigenvalue weighted by Gasteiger charge is -2.25. The molecule has 2 atom stereocenters. The molecule has 4 nitrogen and oxygen atoms in total. The largest absolute Gasteiger partial charge is 0.469 e. The number of ether oxygens (including phenoxy) is 1. The van der Waals surface area contributed by atoms with E-state index in [1.807, 2.05) is 0 Å². The highest BCUT2D eigenvalue weighted by atomic mass is 16.5. The highest BCUT2D eigenvalue weighted by molar-refractivity contribution is 5.69. The van der Waals surface area contributed by atoms with Gasteiger partial charge in [0, 0.05) is 6.54 Å². The van der Waals surface area contributed by atoms with Crippen LogP contribution < -0.4 is 5.32 Å². The monoisotopic (exact) mass is 215 g/mol. The number of hydrogen-bond acceptors (Lipinski definition) is 4. The van der Waals surface area contributed by atoms with Gasteiger partial charge >= 0.3 is 5.97 Å². The number of methoxy groups -OCH3 is 1. The van der Waals surface area contributed by atoms with Crippen molar-refractivity contribution < 1.29 is 14.6 Å². The number of carbonyl (C=O) groups excluding carboxylic acids is 1. The molecule has 0 saturated heterocycles. The molecule has 1 saturated carbocycles. The maximum absolute atomic E-state index is 10.8. The van der Waals surface area contributed by atoms with Crippen molar-refractivity contribution in [1.29, 1.82) is 0 Å². The first-order valence-corrected chi connectivity index (χ1v) is 5.68. The van der Waals surface area contributed by atoms with E-state index in [9.17, 15) is 9.90 Å². The quantitative estimate of drug-likeness (QED) is 0.523. The van der Waals surface area contributed by atoms with Crippen molar-refractivity contribution in [2.75, 3.05) is 20.2 Å². The summed E-state index contributed by atoms with van der Waals surface area (Å²) in [5, 5.41) is 12.7. The van der Waals surface area contributed by atoms with Gasteiger partial charge in [-0.2, -0.15) is 0 Å². The average molecular weight is 215 g/mol. The van der Waals surface area contributed by atoms with Crippen molar-refractivity contribution in [2.45, 2.75) is 38.2 Å². The summed E-state index contributed by atoms with van der Waals surface area (Å²) >= 11 is 0. The number of nitrogens with one attached hydrogen (secondary N) is 1. The molecular weight excluding hydrogens is 194 g/mol. The lowest BCUT2D eigenvalue weighted by atomic mass is 9.87. The lowest BCUT2D eigenvalue weighted by molar-refractivity contribution is -0.140. The molecule has 0 aromatic rings. The molecule has 1 aliphatic carbocycles. The summed E-state index contributed by atoms with van der Waals surface area (Å²) in [6.45, 7) is 1.56. The molecule has 0 aromatic carbocycles. The van der Waals surface area contributed by atoms with E-state index in [0.29, 0.717) is 18.9 Å². The second-order valence-corrected chi connectivity index (χ2v) is 4.22. The number of carbonyl (C=O) groups is 1. The van der Waals surface area contributed by atoms with Gasteiger partial charge < -0.3 is 15.2 Å². The summed E-state index contributed by atoms with van der Waals surface area (Å²) in [6.07, 6.45) is 4.44. The fraction of sp³-hybridized carbons (Fsp3) is 0.909. The third kappa shape index (κ3) is 5.14. The fourth-order valence-electron chi connectivity index (χ4n) is 2.05. The molecule has 1 fully saturated rings. The first-order valence-electron chi connectivity index (χ1n) is 5.68. The molecule has 88 valence electrons. The van der Waals surface area contributed by atoms with E-state index in [4.69, 9.17) is 0 Å². The van der Waals surface area contributed by atoms with Crippen molar-refractivity contribution >= 4 is 5.97 Å². The van der Waals surface area contributed by atoms with Crippen molar-refractivity contribution in [2.24, 2.45) is 5.92 Å². The molecule has 0 radical (unpaired) electrons. The Morgan fingerprint density at radius 2 is 2.33 bits per heavy atom. The van der Waals surface area contributed by atoms with Gasteiger partial charge in [-0.25, -0.2) is 0 Å². The van der Waals surface area contributed by atoms with Crippen LogP contribution in [-0.2, 0) is 9.53 Å². The van der Waals surface area contributed by atoms with Crippen molar-refractivity contribution in [1.82, 2.24) is 5.32 Å². The maximum Gasteiger partial charge on any atom is 0.306 e. The molecule has 15 heavy (non-hydrogen) atoms. The predicted octanol–water partition coefficient (Wildman–Crippen LogP) is 0.690. The van der Waals surface area contributed by atoms with E-state index >= 15 is 0 Å². The number of aliphatic hydroxyl groups excluding tert-OH is 1. The van der Waals surface area contributed by atoms with Gasteiger partial charge in [0.1, 0.15) is 0 Å². The third-order valence-electron chi connectivity index (χ3n) is 2.92. The normalized spacial score (nSPS) is 26.3. The Kier molecular flexibility index (Phi) is 5.65. The number of esters is 1. The van der Waals surface area contributed by atoms with Crippen LogP contribution in [0.5, 0.6) is 0 Å². The molecule has 0 aliphatic heterocycles. The van der Waals surface area contributed by atoms with Crippen LogP contribution in [0.2, 0.25) is 0 Å². The van der Waals surface area contributed by atoms with Crippen LogP contribution in [0.3, 0.4) is 0 Å². The highest BCUT2D eigenvalue weighted by Gasteiger charge is 2.19. The van der Waals surface area contributed by atoms with Crippen LogP contribution in [0.15, 0.2) is 0 Å². The standard InChI is InChI=1S/C11H21NO3/c1-15-11(14)5-6-12-8-9-3-2-4-10(13)7-9/h9-10,12-13H,2-8H2,1H3. The van der Waals surface area contributed by atoms with Crippen LogP contribution >= 0.6 is 0 Å². The smallest absolute Gasteiger partial charge is 0.306 e. The van der Waals surface area contributed by atoms with Gasteiger partial charge in [-0.05, 0) is 31.7 Å². The first kappa shape index (κ1) is 12.5. The molecule has 0 spiro atoms.